The Morgan fingerprint density at radius 3 is 2.75 bits per heavy atom. The standard InChI is InChI=1S/C24H34FN5OS/c1-24-10-12-30(20-6-4-19(25)5-7-20)21(24)16-29(17-24)11-3-15-32-23-27-26-22(28(23)2)18-8-13-31-14-9-18/h4-7,18,21H,3,8-17H2,1-2H3. The summed E-state index contributed by atoms with van der Waals surface area (Å²) in [5.41, 5.74) is 1.48. The van der Waals surface area contributed by atoms with Crippen LogP contribution in [0.4, 0.5) is 10.1 Å². The molecule has 2 unspecified atom stereocenters. The highest BCUT2D eigenvalue weighted by Crippen LogP contribution is 2.44. The van der Waals surface area contributed by atoms with Crippen LogP contribution < -0.4 is 4.90 Å². The fraction of sp³-hybridized carbons (Fsp3) is 0.667. The SMILES string of the molecule is Cn1c(SCCCN2CC3N(c4ccc(F)cc4)CCC3(C)C2)nnc1C1CCOCC1. The van der Waals surface area contributed by atoms with Crippen LogP contribution in [0.5, 0.6) is 0 Å². The van der Waals surface area contributed by atoms with Gasteiger partial charge in [0.25, 0.3) is 0 Å². The number of likely N-dealkylation sites (tertiary alicyclic amines) is 1. The molecule has 0 N–H and O–H groups in total. The second-order valence-electron chi connectivity index (χ2n) is 9.81. The summed E-state index contributed by atoms with van der Waals surface area (Å²) < 4.78 is 21.0. The number of ether oxygens (including phenoxy) is 1. The zero-order valence-corrected chi connectivity index (χ0v) is 20.0. The number of halogens is 1. The van der Waals surface area contributed by atoms with E-state index in [4.69, 9.17) is 4.74 Å². The number of aromatic nitrogens is 3. The lowest BCUT2D eigenvalue weighted by Crippen LogP contribution is -2.37. The van der Waals surface area contributed by atoms with Gasteiger partial charge in [0.15, 0.2) is 5.16 Å². The van der Waals surface area contributed by atoms with Crippen molar-refractivity contribution in [2.24, 2.45) is 12.5 Å². The first kappa shape index (κ1) is 22.2. The van der Waals surface area contributed by atoms with Crippen molar-refractivity contribution in [3.63, 3.8) is 0 Å². The molecule has 3 aliphatic rings. The van der Waals surface area contributed by atoms with E-state index < -0.39 is 0 Å². The number of anilines is 1. The zero-order valence-electron chi connectivity index (χ0n) is 19.2. The van der Waals surface area contributed by atoms with Crippen LogP contribution in [-0.4, -0.2) is 70.9 Å². The Balaban J connectivity index is 1.11. The third-order valence-corrected chi connectivity index (χ3v) is 8.69. The summed E-state index contributed by atoms with van der Waals surface area (Å²) in [6, 6.07) is 7.52. The molecular formula is C24H34FN5OS. The smallest absolute Gasteiger partial charge is 0.190 e. The summed E-state index contributed by atoms with van der Waals surface area (Å²) in [7, 11) is 2.10. The first-order chi connectivity index (χ1) is 15.5. The zero-order chi connectivity index (χ0) is 22.1. The van der Waals surface area contributed by atoms with Gasteiger partial charge in [-0.1, -0.05) is 18.7 Å². The number of rotatable bonds is 7. The van der Waals surface area contributed by atoms with Crippen molar-refractivity contribution in [3.8, 4) is 0 Å². The van der Waals surface area contributed by atoms with Gasteiger partial charge in [-0.15, -0.1) is 10.2 Å². The van der Waals surface area contributed by atoms with Gasteiger partial charge in [0.05, 0.1) is 0 Å². The van der Waals surface area contributed by atoms with Gasteiger partial charge in [-0.05, 0) is 56.5 Å². The molecule has 0 amide bonds. The van der Waals surface area contributed by atoms with Crippen LogP contribution in [0.1, 0.15) is 44.3 Å². The van der Waals surface area contributed by atoms with Crippen LogP contribution in [0, 0.1) is 11.2 Å². The summed E-state index contributed by atoms with van der Waals surface area (Å²) in [5.74, 6) is 2.48. The van der Waals surface area contributed by atoms with E-state index in [9.17, 15) is 4.39 Å². The van der Waals surface area contributed by atoms with Crippen molar-refractivity contribution < 1.29 is 9.13 Å². The number of nitrogens with zero attached hydrogens (tertiary/aromatic N) is 5. The van der Waals surface area contributed by atoms with Crippen LogP contribution >= 0.6 is 11.8 Å². The summed E-state index contributed by atoms with van der Waals surface area (Å²) in [5, 5.41) is 9.97. The predicted molar refractivity (Wildman–Crippen MR) is 126 cm³/mol. The maximum absolute atomic E-state index is 13.4. The Hall–Kier alpha value is -1.64. The van der Waals surface area contributed by atoms with Gasteiger partial charge in [0.1, 0.15) is 11.6 Å². The summed E-state index contributed by atoms with van der Waals surface area (Å²) in [6.45, 7) is 8.50. The van der Waals surface area contributed by atoms with Gasteiger partial charge in [0, 0.05) is 68.7 Å². The molecule has 1 aromatic carbocycles. The third-order valence-electron chi connectivity index (χ3n) is 7.58. The maximum atomic E-state index is 13.4. The molecule has 32 heavy (non-hydrogen) atoms. The lowest BCUT2D eigenvalue weighted by atomic mass is 9.85. The fourth-order valence-corrected chi connectivity index (χ4v) is 6.57. The first-order valence-corrected chi connectivity index (χ1v) is 12.9. The number of benzene rings is 1. The lowest BCUT2D eigenvalue weighted by molar-refractivity contribution is 0.0828. The van der Waals surface area contributed by atoms with Crippen LogP contribution in [-0.2, 0) is 11.8 Å². The minimum atomic E-state index is -0.163. The summed E-state index contributed by atoms with van der Waals surface area (Å²) in [6.07, 6.45) is 4.43. The Bertz CT molecular complexity index is 916. The van der Waals surface area contributed by atoms with E-state index in [1.807, 2.05) is 23.9 Å². The third kappa shape index (κ3) is 4.41. The quantitative estimate of drug-likeness (QED) is 0.462. The number of fused-ring (bicyclic) bond motifs is 1. The molecule has 0 spiro atoms. The highest BCUT2D eigenvalue weighted by Gasteiger charge is 2.49. The Morgan fingerprint density at radius 1 is 1.19 bits per heavy atom. The maximum Gasteiger partial charge on any atom is 0.190 e. The molecule has 0 radical (unpaired) electrons. The molecule has 2 atom stereocenters. The molecule has 0 aliphatic carbocycles. The molecule has 174 valence electrons. The first-order valence-electron chi connectivity index (χ1n) is 11.9. The van der Waals surface area contributed by atoms with E-state index in [1.165, 1.54) is 6.42 Å². The van der Waals surface area contributed by atoms with Gasteiger partial charge in [-0.2, -0.15) is 0 Å². The van der Waals surface area contributed by atoms with E-state index in [0.29, 0.717) is 17.4 Å². The predicted octanol–water partition coefficient (Wildman–Crippen LogP) is 3.93. The van der Waals surface area contributed by atoms with Crippen molar-refractivity contribution in [1.82, 2.24) is 19.7 Å². The van der Waals surface area contributed by atoms with Gasteiger partial charge < -0.3 is 19.1 Å². The van der Waals surface area contributed by atoms with Crippen molar-refractivity contribution in [3.05, 3.63) is 35.9 Å². The van der Waals surface area contributed by atoms with E-state index in [-0.39, 0.29) is 5.82 Å². The molecule has 3 aliphatic heterocycles. The monoisotopic (exact) mass is 459 g/mol. The minimum absolute atomic E-state index is 0.163. The Morgan fingerprint density at radius 2 is 1.97 bits per heavy atom. The molecule has 5 rings (SSSR count). The van der Waals surface area contributed by atoms with Crippen molar-refractivity contribution in [2.75, 3.05) is 50.0 Å². The average molecular weight is 460 g/mol. The molecule has 3 saturated heterocycles. The minimum Gasteiger partial charge on any atom is -0.381 e. The Labute approximate surface area is 194 Å². The van der Waals surface area contributed by atoms with Crippen LogP contribution in [0.3, 0.4) is 0 Å². The average Bonchev–Trinajstić information content (AvgIpc) is 3.43. The normalized spacial score (nSPS) is 26.7. The van der Waals surface area contributed by atoms with Crippen molar-refractivity contribution in [1.29, 1.82) is 0 Å². The van der Waals surface area contributed by atoms with Gasteiger partial charge >= 0.3 is 0 Å². The van der Waals surface area contributed by atoms with Crippen molar-refractivity contribution in [2.45, 2.75) is 49.7 Å². The summed E-state index contributed by atoms with van der Waals surface area (Å²) in [4.78, 5) is 5.11. The largest absolute Gasteiger partial charge is 0.381 e. The second-order valence-corrected chi connectivity index (χ2v) is 10.9. The molecule has 0 bridgehead atoms. The molecular weight excluding hydrogens is 425 g/mol. The topological polar surface area (TPSA) is 46.4 Å². The fourth-order valence-electron chi connectivity index (χ4n) is 5.72. The molecule has 4 heterocycles. The van der Waals surface area contributed by atoms with Crippen molar-refractivity contribution >= 4 is 17.4 Å². The van der Waals surface area contributed by atoms with Crippen LogP contribution in [0.15, 0.2) is 29.4 Å². The highest BCUT2D eigenvalue weighted by atomic mass is 32.2. The molecule has 0 saturated carbocycles. The summed E-state index contributed by atoms with van der Waals surface area (Å²) >= 11 is 1.82. The molecule has 2 aromatic rings. The second kappa shape index (κ2) is 9.31. The van der Waals surface area contributed by atoms with Gasteiger partial charge in [-0.25, -0.2) is 4.39 Å². The molecule has 8 heteroatoms. The van der Waals surface area contributed by atoms with Crippen LogP contribution in [0.2, 0.25) is 0 Å². The number of hydrogen-bond donors (Lipinski definition) is 0. The van der Waals surface area contributed by atoms with E-state index in [1.54, 1.807) is 12.1 Å². The van der Waals surface area contributed by atoms with E-state index in [2.05, 4.69) is 38.5 Å². The van der Waals surface area contributed by atoms with Gasteiger partial charge in [0.2, 0.25) is 0 Å². The van der Waals surface area contributed by atoms with E-state index in [0.717, 1.165) is 81.1 Å². The molecule has 6 nitrogen and oxygen atoms in total. The molecule has 3 fully saturated rings. The van der Waals surface area contributed by atoms with Gasteiger partial charge in [-0.3, -0.25) is 0 Å². The number of thioether (sulfide) groups is 1. The number of hydrogen-bond acceptors (Lipinski definition) is 6. The Kier molecular flexibility index (Phi) is 6.45. The highest BCUT2D eigenvalue weighted by molar-refractivity contribution is 7.99. The molecule has 1 aromatic heterocycles. The lowest BCUT2D eigenvalue weighted by Gasteiger charge is -2.29. The van der Waals surface area contributed by atoms with E-state index >= 15 is 0 Å². The van der Waals surface area contributed by atoms with Crippen LogP contribution in [0.25, 0.3) is 0 Å².